The molecule has 5 nitrogen and oxygen atoms in total. The Bertz CT molecular complexity index is 492. The summed E-state index contributed by atoms with van der Waals surface area (Å²) in [5.74, 6) is 0.897. The van der Waals surface area contributed by atoms with Gasteiger partial charge in [-0.2, -0.15) is 0 Å². The fourth-order valence-corrected chi connectivity index (χ4v) is 2.65. The van der Waals surface area contributed by atoms with E-state index in [-0.39, 0.29) is 24.2 Å². The van der Waals surface area contributed by atoms with Crippen LogP contribution in [-0.2, 0) is 9.53 Å². The van der Waals surface area contributed by atoms with Crippen molar-refractivity contribution in [3.05, 3.63) is 29.8 Å². The summed E-state index contributed by atoms with van der Waals surface area (Å²) in [4.78, 5) is 14.3. The number of ether oxygens (including phenoxy) is 2. The van der Waals surface area contributed by atoms with Gasteiger partial charge in [0.25, 0.3) is 0 Å². The van der Waals surface area contributed by atoms with Crippen molar-refractivity contribution >= 4 is 5.91 Å². The molecule has 1 N–H and O–H groups in total. The minimum absolute atomic E-state index is 0.0195. The normalized spacial score (nSPS) is 23.4. The van der Waals surface area contributed by atoms with Gasteiger partial charge in [-0.25, -0.2) is 0 Å². The van der Waals surface area contributed by atoms with E-state index < -0.39 is 0 Å². The Hall–Kier alpha value is -1.59. The SMILES string of the molecule is CCOCC(C)N1C(=O)C(C)NC1c1cccc(OC)c1. The Labute approximate surface area is 126 Å². The van der Waals surface area contributed by atoms with E-state index in [0.717, 1.165) is 11.3 Å². The van der Waals surface area contributed by atoms with E-state index in [0.29, 0.717) is 13.2 Å². The van der Waals surface area contributed by atoms with E-state index in [4.69, 9.17) is 9.47 Å². The molecule has 0 spiro atoms. The van der Waals surface area contributed by atoms with Crippen molar-refractivity contribution in [2.75, 3.05) is 20.3 Å². The molecule has 1 aromatic rings. The number of carbonyl (C=O) groups is 1. The molecule has 116 valence electrons. The van der Waals surface area contributed by atoms with E-state index in [9.17, 15) is 4.79 Å². The minimum Gasteiger partial charge on any atom is -0.497 e. The average molecular weight is 292 g/mol. The predicted octanol–water partition coefficient (Wildman–Crippen LogP) is 1.94. The highest BCUT2D eigenvalue weighted by Crippen LogP contribution is 2.29. The summed E-state index contributed by atoms with van der Waals surface area (Å²) < 4.78 is 10.7. The van der Waals surface area contributed by atoms with Crippen LogP contribution in [0, 0.1) is 0 Å². The van der Waals surface area contributed by atoms with E-state index in [1.807, 2.05) is 49.9 Å². The van der Waals surface area contributed by atoms with Crippen LogP contribution in [0.25, 0.3) is 0 Å². The van der Waals surface area contributed by atoms with Crippen LogP contribution in [0.1, 0.15) is 32.5 Å². The molecule has 1 amide bonds. The summed E-state index contributed by atoms with van der Waals surface area (Å²) in [6.45, 7) is 7.05. The number of methoxy groups -OCH3 is 1. The monoisotopic (exact) mass is 292 g/mol. The second-order valence-electron chi connectivity index (χ2n) is 5.32. The summed E-state index contributed by atoms with van der Waals surface area (Å²) >= 11 is 0. The standard InChI is InChI=1S/C16H24N2O3/c1-5-21-10-11(2)18-15(17-12(3)16(18)19)13-7-6-8-14(9-13)20-4/h6-9,11-12,15,17H,5,10H2,1-4H3. The van der Waals surface area contributed by atoms with Gasteiger partial charge < -0.3 is 14.4 Å². The Kier molecular flexibility index (Phi) is 5.20. The van der Waals surface area contributed by atoms with Crippen molar-refractivity contribution in [2.24, 2.45) is 0 Å². The number of carbonyl (C=O) groups excluding carboxylic acids is 1. The average Bonchev–Trinajstić information content (AvgIpc) is 2.80. The molecule has 1 heterocycles. The zero-order chi connectivity index (χ0) is 15.4. The lowest BCUT2D eigenvalue weighted by molar-refractivity contribution is -0.133. The van der Waals surface area contributed by atoms with Crippen LogP contribution in [0.15, 0.2) is 24.3 Å². The van der Waals surface area contributed by atoms with Gasteiger partial charge in [0, 0.05) is 6.61 Å². The molecule has 0 aliphatic carbocycles. The minimum atomic E-state index is -0.190. The van der Waals surface area contributed by atoms with Crippen LogP contribution in [0.4, 0.5) is 0 Å². The second kappa shape index (κ2) is 6.91. The molecule has 3 unspecified atom stereocenters. The maximum atomic E-state index is 12.4. The fourth-order valence-electron chi connectivity index (χ4n) is 2.65. The summed E-state index contributed by atoms with van der Waals surface area (Å²) in [5.41, 5.74) is 1.02. The first-order valence-electron chi connectivity index (χ1n) is 7.38. The van der Waals surface area contributed by atoms with E-state index in [1.54, 1.807) is 7.11 Å². The molecule has 1 aromatic carbocycles. The molecule has 1 saturated heterocycles. The molecule has 5 heteroatoms. The van der Waals surface area contributed by atoms with Crippen molar-refractivity contribution in [2.45, 2.75) is 39.0 Å². The van der Waals surface area contributed by atoms with Crippen LogP contribution >= 0.6 is 0 Å². The molecule has 1 aliphatic heterocycles. The van der Waals surface area contributed by atoms with Crippen molar-refractivity contribution in [1.82, 2.24) is 10.2 Å². The molecule has 1 fully saturated rings. The van der Waals surface area contributed by atoms with Crippen LogP contribution in [0.3, 0.4) is 0 Å². The molecule has 0 radical (unpaired) electrons. The molecule has 0 bridgehead atoms. The maximum Gasteiger partial charge on any atom is 0.241 e. The number of hydrogen-bond donors (Lipinski definition) is 1. The molecule has 0 aromatic heterocycles. The number of rotatable bonds is 6. The van der Waals surface area contributed by atoms with Crippen molar-refractivity contribution in [1.29, 1.82) is 0 Å². The van der Waals surface area contributed by atoms with Crippen LogP contribution in [0.2, 0.25) is 0 Å². The number of nitrogens with one attached hydrogen (secondary N) is 1. The lowest BCUT2D eigenvalue weighted by atomic mass is 10.1. The van der Waals surface area contributed by atoms with Crippen LogP contribution in [-0.4, -0.2) is 43.2 Å². The molecule has 0 saturated carbocycles. The Balaban J connectivity index is 2.24. The van der Waals surface area contributed by atoms with Crippen LogP contribution < -0.4 is 10.1 Å². The highest BCUT2D eigenvalue weighted by atomic mass is 16.5. The maximum absolute atomic E-state index is 12.4. The molecular weight excluding hydrogens is 268 g/mol. The first-order valence-corrected chi connectivity index (χ1v) is 7.38. The van der Waals surface area contributed by atoms with E-state index in [2.05, 4.69) is 5.32 Å². The van der Waals surface area contributed by atoms with Gasteiger partial charge in [0.2, 0.25) is 5.91 Å². The number of amides is 1. The number of hydrogen-bond acceptors (Lipinski definition) is 4. The topological polar surface area (TPSA) is 50.8 Å². The summed E-state index contributed by atoms with van der Waals surface area (Å²) in [5, 5.41) is 3.34. The summed E-state index contributed by atoms with van der Waals surface area (Å²) in [6.07, 6.45) is -0.141. The van der Waals surface area contributed by atoms with Crippen molar-refractivity contribution < 1.29 is 14.3 Å². The van der Waals surface area contributed by atoms with Crippen molar-refractivity contribution in [3.63, 3.8) is 0 Å². The van der Waals surface area contributed by atoms with Gasteiger partial charge in [-0.15, -0.1) is 0 Å². The van der Waals surface area contributed by atoms with Crippen LogP contribution in [0.5, 0.6) is 5.75 Å². The first-order chi connectivity index (χ1) is 10.1. The third-order valence-electron chi connectivity index (χ3n) is 3.76. The molecule has 1 aliphatic rings. The first kappa shape index (κ1) is 15.8. The summed E-state index contributed by atoms with van der Waals surface area (Å²) in [6, 6.07) is 7.64. The largest absolute Gasteiger partial charge is 0.497 e. The van der Waals surface area contributed by atoms with E-state index in [1.165, 1.54) is 0 Å². The highest BCUT2D eigenvalue weighted by molar-refractivity contribution is 5.84. The smallest absolute Gasteiger partial charge is 0.241 e. The fraction of sp³-hybridized carbons (Fsp3) is 0.562. The van der Waals surface area contributed by atoms with Crippen molar-refractivity contribution in [3.8, 4) is 5.75 Å². The number of nitrogens with zero attached hydrogens (tertiary/aromatic N) is 1. The van der Waals surface area contributed by atoms with Gasteiger partial charge in [-0.05, 0) is 38.5 Å². The van der Waals surface area contributed by atoms with E-state index >= 15 is 0 Å². The third kappa shape index (κ3) is 3.36. The zero-order valence-electron chi connectivity index (χ0n) is 13.1. The van der Waals surface area contributed by atoms with Gasteiger partial charge in [0.05, 0.1) is 25.8 Å². The summed E-state index contributed by atoms with van der Waals surface area (Å²) in [7, 11) is 1.64. The molecule has 2 rings (SSSR count). The second-order valence-corrected chi connectivity index (χ2v) is 5.32. The lowest BCUT2D eigenvalue weighted by Crippen LogP contribution is -2.41. The molecule has 3 atom stereocenters. The molecule has 21 heavy (non-hydrogen) atoms. The highest BCUT2D eigenvalue weighted by Gasteiger charge is 2.39. The van der Waals surface area contributed by atoms with Gasteiger partial charge in [0.1, 0.15) is 11.9 Å². The quantitative estimate of drug-likeness (QED) is 0.870. The van der Waals surface area contributed by atoms with Gasteiger partial charge in [-0.1, -0.05) is 12.1 Å². The Morgan fingerprint density at radius 3 is 2.86 bits per heavy atom. The lowest BCUT2D eigenvalue weighted by Gasteiger charge is -2.30. The van der Waals surface area contributed by atoms with Gasteiger partial charge >= 0.3 is 0 Å². The number of benzene rings is 1. The molecular formula is C16H24N2O3. The Morgan fingerprint density at radius 1 is 1.43 bits per heavy atom. The third-order valence-corrected chi connectivity index (χ3v) is 3.76. The van der Waals surface area contributed by atoms with Gasteiger partial charge in [0.15, 0.2) is 0 Å². The predicted molar refractivity (Wildman–Crippen MR) is 81.1 cm³/mol. The Morgan fingerprint density at radius 2 is 2.19 bits per heavy atom. The zero-order valence-corrected chi connectivity index (χ0v) is 13.1. The van der Waals surface area contributed by atoms with Gasteiger partial charge in [-0.3, -0.25) is 10.1 Å².